The second kappa shape index (κ2) is 4.79. The van der Waals surface area contributed by atoms with Crippen LogP contribution in [0.5, 0.6) is 0 Å². The first-order chi connectivity index (χ1) is 10.3. The van der Waals surface area contributed by atoms with E-state index in [1.165, 1.54) is 0 Å². The van der Waals surface area contributed by atoms with Crippen molar-refractivity contribution in [2.24, 2.45) is 7.05 Å². The molecule has 0 spiro atoms. The molecule has 3 rings (SSSR count). The molecule has 22 heavy (non-hydrogen) atoms. The largest absolute Gasteiger partial charge is 0.480 e. The topological polar surface area (TPSA) is 97.1 Å². The lowest BCUT2D eigenvalue weighted by molar-refractivity contribution is -0.148. The van der Waals surface area contributed by atoms with Gasteiger partial charge in [0.25, 0.3) is 5.91 Å². The van der Waals surface area contributed by atoms with E-state index in [0.717, 1.165) is 6.42 Å². The number of pyridine rings is 1. The van der Waals surface area contributed by atoms with Crippen LogP contribution in [0.25, 0.3) is 11.0 Å². The Morgan fingerprint density at radius 2 is 2.05 bits per heavy atom. The Hall–Kier alpha value is -2.44. The Bertz CT molecular complexity index is 790. The summed E-state index contributed by atoms with van der Waals surface area (Å²) in [4.78, 5) is 28.5. The monoisotopic (exact) mass is 302 g/mol. The molecule has 1 aliphatic carbocycles. The molecule has 0 unspecified atom stereocenters. The van der Waals surface area contributed by atoms with Gasteiger partial charge in [-0.1, -0.05) is 0 Å². The lowest BCUT2D eigenvalue weighted by atomic mass is 9.76. The molecule has 7 nitrogen and oxygen atoms in total. The highest BCUT2D eigenvalue weighted by Crippen LogP contribution is 2.33. The van der Waals surface area contributed by atoms with Crippen LogP contribution in [0.15, 0.2) is 6.07 Å². The second-order valence-corrected chi connectivity index (χ2v) is 5.91. The Morgan fingerprint density at radius 1 is 1.36 bits per heavy atom. The Morgan fingerprint density at radius 3 is 2.59 bits per heavy atom. The summed E-state index contributed by atoms with van der Waals surface area (Å²) < 4.78 is 1.63. The summed E-state index contributed by atoms with van der Waals surface area (Å²) in [6.45, 7) is 3.61. The molecule has 7 heteroatoms. The van der Waals surface area contributed by atoms with E-state index in [9.17, 15) is 14.7 Å². The summed E-state index contributed by atoms with van der Waals surface area (Å²) in [5, 5.41) is 17.0. The zero-order valence-electron chi connectivity index (χ0n) is 12.8. The van der Waals surface area contributed by atoms with Gasteiger partial charge in [0, 0.05) is 12.7 Å². The fourth-order valence-corrected chi connectivity index (χ4v) is 2.96. The molecule has 116 valence electrons. The number of carbonyl (C=O) groups excluding carboxylic acids is 1. The normalized spacial score (nSPS) is 16.3. The third kappa shape index (κ3) is 2.04. The highest BCUT2D eigenvalue weighted by molar-refractivity contribution is 6.08. The number of aryl methyl sites for hydroxylation is 3. The van der Waals surface area contributed by atoms with Crippen molar-refractivity contribution in [2.45, 2.75) is 38.6 Å². The number of carboxylic acid groups (broad SMARTS) is 1. The van der Waals surface area contributed by atoms with Crippen molar-refractivity contribution < 1.29 is 14.7 Å². The van der Waals surface area contributed by atoms with Gasteiger partial charge in [-0.25, -0.2) is 9.78 Å². The second-order valence-electron chi connectivity index (χ2n) is 5.91. The molecule has 0 saturated heterocycles. The van der Waals surface area contributed by atoms with Gasteiger partial charge >= 0.3 is 5.97 Å². The van der Waals surface area contributed by atoms with Crippen LogP contribution in [-0.2, 0) is 11.8 Å². The maximum Gasteiger partial charge on any atom is 0.329 e. The predicted molar refractivity (Wildman–Crippen MR) is 79.7 cm³/mol. The van der Waals surface area contributed by atoms with Crippen LogP contribution in [0.2, 0.25) is 0 Å². The maximum atomic E-state index is 12.6. The van der Waals surface area contributed by atoms with Crippen LogP contribution in [-0.4, -0.2) is 37.3 Å². The van der Waals surface area contributed by atoms with Gasteiger partial charge in [0.1, 0.15) is 5.54 Å². The predicted octanol–water partition coefficient (Wildman–Crippen LogP) is 1.32. The fourth-order valence-electron chi connectivity index (χ4n) is 2.96. The number of rotatable bonds is 3. The van der Waals surface area contributed by atoms with Crippen LogP contribution >= 0.6 is 0 Å². The van der Waals surface area contributed by atoms with Gasteiger partial charge in [-0.05, 0) is 39.2 Å². The first-order valence-corrected chi connectivity index (χ1v) is 7.21. The summed E-state index contributed by atoms with van der Waals surface area (Å²) in [7, 11) is 1.77. The van der Waals surface area contributed by atoms with Crippen molar-refractivity contribution in [2.75, 3.05) is 0 Å². The molecule has 1 aliphatic rings. The summed E-state index contributed by atoms with van der Waals surface area (Å²) in [5.41, 5.74) is 1.32. The van der Waals surface area contributed by atoms with Crippen LogP contribution in [0, 0.1) is 13.8 Å². The van der Waals surface area contributed by atoms with E-state index < -0.39 is 11.5 Å². The van der Waals surface area contributed by atoms with Gasteiger partial charge < -0.3 is 10.4 Å². The summed E-state index contributed by atoms with van der Waals surface area (Å²) in [6, 6.07) is 1.68. The Kier molecular flexibility index (Phi) is 3.16. The lowest BCUT2D eigenvalue weighted by Crippen LogP contribution is -2.59. The Balaban J connectivity index is 2.06. The standard InChI is InChI=1S/C15H18N4O3/c1-8-7-10(11-9(2)18-19(3)12(11)16-8)13(20)17-15(14(21)22)5-4-6-15/h7H,4-6H2,1-3H3,(H,17,20)(H,21,22). The zero-order valence-corrected chi connectivity index (χ0v) is 12.8. The molecule has 0 atom stereocenters. The molecule has 0 aromatic carbocycles. The van der Waals surface area contributed by atoms with Gasteiger partial charge in [-0.2, -0.15) is 5.10 Å². The van der Waals surface area contributed by atoms with Gasteiger partial charge in [0.2, 0.25) is 0 Å². The third-order valence-electron chi connectivity index (χ3n) is 4.31. The summed E-state index contributed by atoms with van der Waals surface area (Å²) in [6.07, 6.45) is 1.74. The molecule has 0 bridgehead atoms. The minimum Gasteiger partial charge on any atom is -0.480 e. The van der Waals surface area contributed by atoms with Crippen LogP contribution in [0.4, 0.5) is 0 Å². The lowest BCUT2D eigenvalue weighted by Gasteiger charge is -2.38. The van der Waals surface area contributed by atoms with E-state index in [-0.39, 0.29) is 5.91 Å². The molecular formula is C15H18N4O3. The van der Waals surface area contributed by atoms with Crippen molar-refractivity contribution in [1.82, 2.24) is 20.1 Å². The molecule has 1 saturated carbocycles. The molecule has 2 aromatic heterocycles. The highest BCUT2D eigenvalue weighted by Gasteiger charge is 2.46. The number of fused-ring (bicyclic) bond motifs is 1. The number of carboxylic acids is 1. The third-order valence-corrected chi connectivity index (χ3v) is 4.31. The molecule has 1 amide bonds. The number of nitrogens with zero attached hydrogens (tertiary/aromatic N) is 3. The molecule has 2 heterocycles. The van der Waals surface area contributed by atoms with Gasteiger partial charge in [0.05, 0.1) is 16.6 Å². The van der Waals surface area contributed by atoms with Gasteiger partial charge in [0.15, 0.2) is 5.65 Å². The van der Waals surface area contributed by atoms with Crippen molar-refractivity contribution in [3.63, 3.8) is 0 Å². The molecule has 0 radical (unpaired) electrons. The molecule has 2 aromatic rings. The first kappa shape index (κ1) is 14.5. The smallest absolute Gasteiger partial charge is 0.329 e. The molecular weight excluding hydrogens is 284 g/mol. The van der Waals surface area contributed by atoms with Crippen molar-refractivity contribution >= 4 is 22.9 Å². The number of aromatic nitrogens is 3. The average molecular weight is 302 g/mol. The number of hydrogen-bond acceptors (Lipinski definition) is 4. The van der Waals surface area contributed by atoms with Crippen LogP contribution in [0.3, 0.4) is 0 Å². The quantitative estimate of drug-likeness (QED) is 0.891. The molecule has 2 N–H and O–H groups in total. The number of hydrogen-bond donors (Lipinski definition) is 2. The number of aliphatic carboxylic acids is 1. The van der Waals surface area contributed by atoms with Crippen LogP contribution in [0.1, 0.15) is 41.0 Å². The number of carbonyl (C=O) groups is 2. The van der Waals surface area contributed by atoms with Crippen LogP contribution < -0.4 is 5.32 Å². The van der Waals surface area contributed by atoms with E-state index in [4.69, 9.17) is 0 Å². The van der Waals surface area contributed by atoms with E-state index in [0.29, 0.717) is 40.8 Å². The highest BCUT2D eigenvalue weighted by atomic mass is 16.4. The Labute approximate surface area is 127 Å². The van der Waals surface area contributed by atoms with Gasteiger partial charge in [-0.15, -0.1) is 0 Å². The molecule has 1 fully saturated rings. The fraction of sp³-hybridized carbons (Fsp3) is 0.467. The van der Waals surface area contributed by atoms with Gasteiger partial charge in [-0.3, -0.25) is 9.48 Å². The summed E-state index contributed by atoms with van der Waals surface area (Å²) >= 11 is 0. The minimum atomic E-state index is -1.13. The van der Waals surface area contributed by atoms with Crippen molar-refractivity contribution in [3.8, 4) is 0 Å². The zero-order chi connectivity index (χ0) is 16.1. The molecule has 0 aliphatic heterocycles. The van der Waals surface area contributed by atoms with Crippen molar-refractivity contribution in [3.05, 3.63) is 23.0 Å². The van der Waals surface area contributed by atoms with E-state index in [1.54, 1.807) is 24.7 Å². The number of amides is 1. The van der Waals surface area contributed by atoms with E-state index in [2.05, 4.69) is 15.4 Å². The maximum absolute atomic E-state index is 12.6. The average Bonchev–Trinajstić information content (AvgIpc) is 2.67. The minimum absolute atomic E-state index is 0.381. The SMILES string of the molecule is Cc1cc(C(=O)NC2(C(=O)O)CCC2)c2c(C)nn(C)c2n1. The van der Waals surface area contributed by atoms with E-state index >= 15 is 0 Å². The van der Waals surface area contributed by atoms with E-state index in [1.807, 2.05) is 6.92 Å². The first-order valence-electron chi connectivity index (χ1n) is 7.21. The number of nitrogens with one attached hydrogen (secondary N) is 1. The summed E-state index contributed by atoms with van der Waals surface area (Å²) in [5.74, 6) is -1.36. The van der Waals surface area contributed by atoms with Crippen molar-refractivity contribution in [1.29, 1.82) is 0 Å².